The van der Waals surface area contributed by atoms with Crippen molar-refractivity contribution < 1.29 is 14.1 Å². The average molecular weight is 228 g/mol. The molecule has 0 spiro atoms. The Balaban J connectivity index is 2.53. The van der Waals surface area contributed by atoms with Crippen LogP contribution in [0.25, 0.3) is 0 Å². The molecule has 0 aromatic heterocycles. The van der Waals surface area contributed by atoms with E-state index in [9.17, 15) is 4.21 Å². The molecule has 0 amide bonds. The van der Waals surface area contributed by atoms with Crippen LogP contribution in [0.1, 0.15) is 12.5 Å². The van der Waals surface area contributed by atoms with E-state index in [1.54, 1.807) is 14.0 Å². The molecular formula is C11H16O3S. The molecule has 84 valence electrons. The fraction of sp³-hybridized carbons (Fsp3) is 0.455. The van der Waals surface area contributed by atoms with Gasteiger partial charge in [-0.05, 0) is 24.6 Å². The Morgan fingerprint density at radius 1 is 1.40 bits per heavy atom. The SMILES string of the molecule is COc1ccc(C[S@](=O)C[C@H](C)O)cc1. The Bertz CT molecular complexity index is 319. The Hall–Kier alpha value is -0.870. The number of methoxy groups -OCH3 is 1. The molecule has 0 bridgehead atoms. The van der Waals surface area contributed by atoms with Gasteiger partial charge in [0.25, 0.3) is 0 Å². The van der Waals surface area contributed by atoms with Gasteiger partial charge in [-0.2, -0.15) is 0 Å². The maximum absolute atomic E-state index is 11.5. The first-order chi connectivity index (χ1) is 7.11. The van der Waals surface area contributed by atoms with Crippen LogP contribution in [0.2, 0.25) is 0 Å². The molecule has 0 saturated carbocycles. The number of hydrogen-bond donors (Lipinski definition) is 1. The summed E-state index contributed by atoms with van der Waals surface area (Å²) >= 11 is 0. The van der Waals surface area contributed by atoms with Gasteiger partial charge in [-0.3, -0.25) is 4.21 Å². The predicted molar refractivity (Wildman–Crippen MR) is 61.4 cm³/mol. The Morgan fingerprint density at radius 2 is 2.00 bits per heavy atom. The minimum atomic E-state index is -1.00. The molecule has 1 N–H and O–H groups in total. The van der Waals surface area contributed by atoms with Crippen LogP contribution in [-0.4, -0.2) is 28.3 Å². The van der Waals surface area contributed by atoms with Crippen molar-refractivity contribution in [2.45, 2.75) is 18.8 Å². The zero-order chi connectivity index (χ0) is 11.3. The molecule has 2 atom stereocenters. The van der Waals surface area contributed by atoms with Crippen molar-refractivity contribution in [2.24, 2.45) is 0 Å². The van der Waals surface area contributed by atoms with E-state index in [1.807, 2.05) is 24.3 Å². The molecule has 0 unspecified atom stereocenters. The standard InChI is InChI=1S/C11H16O3S/c1-9(12)7-15(13)8-10-3-5-11(14-2)6-4-10/h3-6,9,12H,7-8H2,1-2H3/t9-,15+/m0/s1. The fourth-order valence-electron chi connectivity index (χ4n) is 1.24. The fourth-order valence-corrected chi connectivity index (χ4v) is 2.46. The van der Waals surface area contributed by atoms with Crippen LogP contribution in [0.15, 0.2) is 24.3 Å². The molecule has 1 aromatic carbocycles. The van der Waals surface area contributed by atoms with Gasteiger partial charge in [-0.15, -0.1) is 0 Å². The highest BCUT2D eigenvalue weighted by Gasteiger charge is 2.05. The van der Waals surface area contributed by atoms with E-state index >= 15 is 0 Å². The monoisotopic (exact) mass is 228 g/mol. The third-order valence-corrected chi connectivity index (χ3v) is 3.42. The highest BCUT2D eigenvalue weighted by molar-refractivity contribution is 7.84. The number of rotatable bonds is 5. The van der Waals surface area contributed by atoms with E-state index in [1.165, 1.54) is 0 Å². The van der Waals surface area contributed by atoms with Crippen LogP contribution in [0.4, 0.5) is 0 Å². The molecule has 0 heterocycles. The first-order valence-electron chi connectivity index (χ1n) is 4.78. The molecule has 0 aliphatic heterocycles. The third kappa shape index (κ3) is 4.44. The van der Waals surface area contributed by atoms with E-state index in [0.29, 0.717) is 11.5 Å². The summed E-state index contributed by atoms with van der Waals surface area (Å²) in [6.45, 7) is 1.64. The van der Waals surface area contributed by atoms with Crippen LogP contribution in [0, 0.1) is 0 Å². The summed E-state index contributed by atoms with van der Waals surface area (Å²) in [6.07, 6.45) is -0.510. The molecule has 0 saturated heterocycles. The van der Waals surface area contributed by atoms with Crippen molar-refractivity contribution in [3.8, 4) is 5.75 Å². The van der Waals surface area contributed by atoms with Gasteiger partial charge >= 0.3 is 0 Å². The molecule has 1 rings (SSSR count). The minimum Gasteiger partial charge on any atom is -0.497 e. The van der Waals surface area contributed by atoms with Crippen LogP contribution in [-0.2, 0) is 16.6 Å². The highest BCUT2D eigenvalue weighted by atomic mass is 32.2. The Labute approximate surface area is 92.5 Å². The van der Waals surface area contributed by atoms with Crippen molar-refractivity contribution in [3.63, 3.8) is 0 Å². The maximum atomic E-state index is 11.5. The lowest BCUT2D eigenvalue weighted by Crippen LogP contribution is -2.13. The summed E-state index contributed by atoms with van der Waals surface area (Å²) in [7, 11) is 0.611. The average Bonchev–Trinajstić information content (AvgIpc) is 2.17. The van der Waals surface area contributed by atoms with E-state index < -0.39 is 16.9 Å². The van der Waals surface area contributed by atoms with Gasteiger partial charge < -0.3 is 9.84 Å². The van der Waals surface area contributed by atoms with Crippen molar-refractivity contribution in [2.75, 3.05) is 12.9 Å². The zero-order valence-electron chi connectivity index (χ0n) is 8.97. The van der Waals surface area contributed by atoms with Gasteiger partial charge in [0.2, 0.25) is 0 Å². The zero-order valence-corrected chi connectivity index (χ0v) is 9.79. The summed E-state index contributed by atoms with van der Waals surface area (Å²) in [4.78, 5) is 0. The Kier molecular flexibility index (Phi) is 4.78. The quantitative estimate of drug-likeness (QED) is 0.827. The lowest BCUT2D eigenvalue weighted by atomic mass is 10.2. The minimum absolute atomic E-state index is 0.325. The summed E-state index contributed by atoms with van der Waals surface area (Å²) in [5, 5.41) is 9.07. The maximum Gasteiger partial charge on any atom is 0.118 e. The molecule has 0 aliphatic carbocycles. The van der Waals surface area contributed by atoms with Gasteiger partial charge in [0.05, 0.1) is 13.2 Å². The second-order valence-corrected chi connectivity index (χ2v) is 4.95. The first kappa shape index (κ1) is 12.2. The summed E-state index contributed by atoms with van der Waals surface area (Å²) in [5.74, 6) is 1.60. The molecular weight excluding hydrogens is 212 g/mol. The number of aliphatic hydroxyl groups is 1. The van der Waals surface area contributed by atoms with Gasteiger partial charge in [-0.1, -0.05) is 12.1 Å². The van der Waals surface area contributed by atoms with E-state index in [0.717, 1.165) is 11.3 Å². The van der Waals surface area contributed by atoms with Gasteiger partial charge in [0.1, 0.15) is 5.75 Å². The molecule has 4 heteroatoms. The van der Waals surface area contributed by atoms with Crippen LogP contribution in [0.5, 0.6) is 5.75 Å². The summed E-state index contributed by atoms with van der Waals surface area (Å²) in [5.41, 5.74) is 0.995. The molecule has 15 heavy (non-hydrogen) atoms. The number of aliphatic hydroxyl groups excluding tert-OH is 1. The lowest BCUT2D eigenvalue weighted by molar-refractivity contribution is 0.219. The molecule has 0 fully saturated rings. The molecule has 1 aromatic rings. The molecule has 0 aliphatic rings. The lowest BCUT2D eigenvalue weighted by Gasteiger charge is -2.05. The topological polar surface area (TPSA) is 46.5 Å². The van der Waals surface area contributed by atoms with E-state index in [2.05, 4.69) is 0 Å². The van der Waals surface area contributed by atoms with Crippen LogP contribution < -0.4 is 4.74 Å². The van der Waals surface area contributed by atoms with Crippen molar-refractivity contribution in [1.29, 1.82) is 0 Å². The molecule has 3 nitrogen and oxygen atoms in total. The first-order valence-corrected chi connectivity index (χ1v) is 6.26. The largest absolute Gasteiger partial charge is 0.497 e. The normalized spacial score (nSPS) is 14.6. The number of ether oxygens (including phenoxy) is 1. The Morgan fingerprint density at radius 3 is 2.47 bits per heavy atom. The number of benzene rings is 1. The second-order valence-electron chi connectivity index (χ2n) is 3.45. The van der Waals surface area contributed by atoms with Gasteiger partial charge in [-0.25, -0.2) is 0 Å². The predicted octanol–water partition coefficient (Wildman–Crippen LogP) is 1.32. The van der Waals surface area contributed by atoms with Crippen molar-refractivity contribution in [3.05, 3.63) is 29.8 Å². The molecule has 0 radical (unpaired) electrons. The van der Waals surface area contributed by atoms with Crippen LogP contribution >= 0.6 is 0 Å². The van der Waals surface area contributed by atoms with Crippen molar-refractivity contribution >= 4 is 10.8 Å². The summed E-state index contributed by atoms with van der Waals surface area (Å²) < 4.78 is 16.5. The number of hydrogen-bond acceptors (Lipinski definition) is 3. The highest BCUT2D eigenvalue weighted by Crippen LogP contribution is 2.12. The van der Waals surface area contributed by atoms with Crippen molar-refractivity contribution in [1.82, 2.24) is 0 Å². The van der Waals surface area contributed by atoms with Crippen LogP contribution in [0.3, 0.4) is 0 Å². The van der Waals surface area contributed by atoms with Gasteiger partial charge in [0, 0.05) is 22.3 Å². The smallest absolute Gasteiger partial charge is 0.118 e. The van der Waals surface area contributed by atoms with Gasteiger partial charge in [0.15, 0.2) is 0 Å². The summed E-state index contributed by atoms with van der Waals surface area (Å²) in [6, 6.07) is 7.46. The third-order valence-electron chi connectivity index (χ3n) is 1.91. The van der Waals surface area contributed by atoms with E-state index in [-0.39, 0.29) is 0 Å². The van der Waals surface area contributed by atoms with E-state index in [4.69, 9.17) is 9.84 Å². The second kappa shape index (κ2) is 5.88.